The molecule has 0 saturated carbocycles. The quantitative estimate of drug-likeness (QED) is 0.198. The SMILES string of the molecule is CCNC(=O)C(Cc1ccccc1)N(Cc1cccc(Cl)c1)C(=O)CN(c1cc(OC)ccc1OC)S(=O)(=O)c1ccccc1. The topological polar surface area (TPSA) is 105 Å². The fraction of sp³-hybridized carbons (Fsp3) is 0.235. The smallest absolute Gasteiger partial charge is 0.264 e. The van der Waals surface area contributed by atoms with E-state index in [9.17, 15) is 18.0 Å². The van der Waals surface area contributed by atoms with Crippen LogP contribution in [0.4, 0.5) is 5.69 Å². The van der Waals surface area contributed by atoms with Crippen LogP contribution in [0.15, 0.2) is 108 Å². The van der Waals surface area contributed by atoms with Crippen LogP contribution >= 0.6 is 11.6 Å². The van der Waals surface area contributed by atoms with Crippen molar-refractivity contribution in [2.24, 2.45) is 0 Å². The summed E-state index contributed by atoms with van der Waals surface area (Å²) in [5.41, 5.74) is 1.62. The van der Waals surface area contributed by atoms with Gasteiger partial charge in [0.2, 0.25) is 11.8 Å². The minimum absolute atomic E-state index is 0.00248. The molecule has 0 saturated heterocycles. The number of rotatable bonds is 14. The monoisotopic (exact) mass is 649 g/mol. The maximum atomic E-state index is 14.5. The summed E-state index contributed by atoms with van der Waals surface area (Å²) in [6.07, 6.45) is 0.201. The highest BCUT2D eigenvalue weighted by molar-refractivity contribution is 7.92. The number of carbonyl (C=O) groups excluding carboxylic acids is 2. The average molecular weight is 650 g/mol. The van der Waals surface area contributed by atoms with Gasteiger partial charge in [-0.15, -0.1) is 0 Å². The van der Waals surface area contributed by atoms with Crippen molar-refractivity contribution in [1.29, 1.82) is 0 Å². The lowest BCUT2D eigenvalue weighted by molar-refractivity contribution is -0.140. The number of sulfonamides is 1. The molecule has 236 valence electrons. The molecule has 2 amide bonds. The molecule has 0 aliphatic carbocycles. The van der Waals surface area contributed by atoms with Crippen LogP contribution in [0, 0.1) is 0 Å². The number of nitrogens with zero attached hydrogens (tertiary/aromatic N) is 2. The Morgan fingerprint density at radius 3 is 2.13 bits per heavy atom. The molecule has 45 heavy (non-hydrogen) atoms. The fourth-order valence-electron chi connectivity index (χ4n) is 4.90. The summed E-state index contributed by atoms with van der Waals surface area (Å²) in [5, 5.41) is 3.31. The Kier molecular flexibility index (Phi) is 11.5. The van der Waals surface area contributed by atoms with Crippen molar-refractivity contribution in [2.75, 3.05) is 31.6 Å². The summed E-state index contributed by atoms with van der Waals surface area (Å²) in [6.45, 7) is 1.51. The first-order valence-corrected chi connectivity index (χ1v) is 16.1. The van der Waals surface area contributed by atoms with E-state index in [1.165, 1.54) is 37.3 Å². The number of hydrogen-bond acceptors (Lipinski definition) is 6. The van der Waals surface area contributed by atoms with Crippen LogP contribution in [0.3, 0.4) is 0 Å². The molecular formula is C34H36ClN3O6S. The van der Waals surface area contributed by atoms with Gasteiger partial charge in [-0.1, -0.05) is 72.3 Å². The molecule has 4 aromatic carbocycles. The molecule has 9 nitrogen and oxygen atoms in total. The summed E-state index contributed by atoms with van der Waals surface area (Å²) in [5.74, 6) is -0.389. The second kappa shape index (κ2) is 15.5. The lowest BCUT2D eigenvalue weighted by Crippen LogP contribution is -2.53. The van der Waals surface area contributed by atoms with Gasteiger partial charge in [-0.3, -0.25) is 13.9 Å². The minimum Gasteiger partial charge on any atom is -0.497 e. The third-order valence-electron chi connectivity index (χ3n) is 7.13. The summed E-state index contributed by atoms with van der Waals surface area (Å²) in [6, 6.07) is 27.9. The van der Waals surface area contributed by atoms with E-state index in [0.29, 0.717) is 22.9 Å². The molecule has 4 rings (SSSR count). The number of carbonyl (C=O) groups is 2. The van der Waals surface area contributed by atoms with Crippen molar-refractivity contribution in [1.82, 2.24) is 10.2 Å². The van der Waals surface area contributed by atoms with E-state index in [4.69, 9.17) is 21.1 Å². The zero-order chi connectivity index (χ0) is 32.4. The normalized spacial score (nSPS) is 11.7. The number of methoxy groups -OCH3 is 2. The molecule has 0 aliphatic rings. The van der Waals surface area contributed by atoms with Crippen LogP contribution in [0.2, 0.25) is 5.02 Å². The Hall–Kier alpha value is -4.54. The van der Waals surface area contributed by atoms with Crippen LogP contribution in [-0.4, -0.2) is 58.5 Å². The highest BCUT2D eigenvalue weighted by Crippen LogP contribution is 2.36. The molecule has 1 atom stereocenters. The molecule has 11 heteroatoms. The van der Waals surface area contributed by atoms with Crippen LogP contribution in [0.5, 0.6) is 11.5 Å². The van der Waals surface area contributed by atoms with Crippen molar-refractivity contribution in [3.05, 3.63) is 119 Å². The van der Waals surface area contributed by atoms with Crippen LogP contribution in [0.1, 0.15) is 18.1 Å². The van der Waals surface area contributed by atoms with Crippen molar-refractivity contribution in [3.8, 4) is 11.5 Å². The fourth-order valence-corrected chi connectivity index (χ4v) is 6.55. The Balaban J connectivity index is 1.85. The standard InChI is InChI=1S/C34H36ClN3O6S/c1-4-36-34(40)31(21-25-12-7-5-8-13-25)37(23-26-14-11-15-27(35)20-26)33(39)24-38(45(41,42)29-16-9-6-10-17-29)30-22-28(43-2)18-19-32(30)44-3/h5-20,22,31H,4,21,23-24H2,1-3H3,(H,36,40). The Labute approximate surface area is 269 Å². The third kappa shape index (κ3) is 8.34. The molecular weight excluding hydrogens is 614 g/mol. The number of anilines is 1. The summed E-state index contributed by atoms with van der Waals surface area (Å²) in [7, 11) is -1.43. The number of ether oxygens (including phenoxy) is 2. The Morgan fingerprint density at radius 1 is 0.844 bits per heavy atom. The number of benzene rings is 4. The van der Waals surface area contributed by atoms with Gasteiger partial charge in [0.05, 0.1) is 24.8 Å². The molecule has 0 spiro atoms. The maximum absolute atomic E-state index is 14.5. The Morgan fingerprint density at radius 2 is 1.51 bits per heavy atom. The molecule has 1 unspecified atom stereocenters. The van der Waals surface area contributed by atoms with Gasteiger partial charge in [0.25, 0.3) is 10.0 Å². The zero-order valence-corrected chi connectivity index (χ0v) is 26.9. The van der Waals surface area contributed by atoms with Crippen LogP contribution in [-0.2, 0) is 32.6 Å². The molecule has 0 heterocycles. The van der Waals surface area contributed by atoms with Crippen LogP contribution < -0.4 is 19.1 Å². The molecule has 0 aliphatic heterocycles. The first-order chi connectivity index (χ1) is 21.7. The molecule has 0 aromatic heterocycles. The number of nitrogens with one attached hydrogen (secondary N) is 1. The van der Waals surface area contributed by atoms with Crippen molar-refractivity contribution >= 4 is 39.1 Å². The molecule has 4 aromatic rings. The van der Waals surface area contributed by atoms with Crippen LogP contribution in [0.25, 0.3) is 0 Å². The summed E-state index contributed by atoms with van der Waals surface area (Å²) in [4.78, 5) is 29.5. The maximum Gasteiger partial charge on any atom is 0.264 e. The second-order valence-electron chi connectivity index (χ2n) is 10.1. The van der Waals surface area contributed by atoms with E-state index >= 15 is 0 Å². The van der Waals surface area contributed by atoms with E-state index in [1.54, 1.807) is 61.5 Å². The third-order valence-corrected chi connectivity index (χ3v) is 9.14. The van der Waals surface area contributed by atoms with E-state index in [1.807, 2.05) is 30.3 Å². The number of amides is 2. The summed E-state index contributed by atoms with van der Waals surface area (Å²) < 4.78 is 40.4. The van der Waals surface area contributed by atoms with Gasteiger partial charge >= 0.3 is 0 Å². The number of halogens is 1. The van der Waals surface area contributed by atoms with E-state index in [0.717, 1.165) is 9.87 Å². The number of likely N-dealkylation sites (N-methyl/N-ethyl adjacent to an activating group) is 1. The molecule has 0 bridgehead atoms. The van der Waals surface area contributed by atoms with E-state index in [-0.39, 0.29) is 35.2 Å². The lowest BCUT2D eigenvalue weighted by atomic mass is 10.0. The molecule has 0 fully saturated rings. The van der Waals surface area contributed by atoms with Crippen molar-refractivity contribution in [2.45, 2.75) is 30.8 Å². The highest BCUT2D eigenvalue weighted by atomic mass is 35.5. The summed E-state index contributed by atoms with van der Waals surface area (Å²) >= 11 is 6.29. The highest BCUT2D eigenvalue weighted by Gasteiger charge is 2.35. The van der Waals surface area contributed by atoms with Gasteiger partial charge in [0.15, 0.2) is 0 Å². The molecule has 0 radical (unpaired) electrons. The first-order valence-electron chi connectivity index (χ1n) is 14.3. The van der Waals surface area contributed by atoms with Crippen molar-refractivity contribution in [3.63, 3.8) is 0 Å². The average Bonchev–Trinajstić information content (AvgIpc) is 3.05. The van der Waals surface area contributed by atoms with Crippen molar-refractivity contribution < 1.29 is 27.5 Å². The molecule has 1 N–H and O–H groups in total. The predicted molar refractivity (Wildman–Crippen MR) is 175 cm³/mol. The van der Waals surface area contributed by atoms with Gasteiger partial charge in [-0.05, 0) is 54.4 Å². The lowest BCUT2D eigenvalue weighted by Gasteiger charge is -2.34. The van der Waals surface area contributed by atoms with Gasteiger partial charge in [0, 0.05) is 30.6 Å². The second-order valence-corrected chi connectivity index (χ2v) is 12.4. The zero-order valence-electron chi connectivity index (χ0n) is 25.4. The van der Waals surface area contributed by atoms with E-state index < -0.39 is 28.5 Å². The Bertz CT molecular complexity index is 1700. The minimum atomic E-state index is -4.31. The number of hydrogen-bond donors (Lipinski definition) is 1. The van der Waals surface area contributed by atoms with Gasteiger partial charge in [-0.25, -0.2) is 8.42 Å². The first kappa shape index (κ1) is 33.4. The predicted octanol–water partition coefficient (Wildman–Crippen LogP) is 5.33. The van der Waals surface area contributed by atoms with Gasteiger partial charge in [-0.2, -0.15) is 0 Å². The van der Waals surface area contributed by atoms with Gasteiger partial charge < -0.3 is 19.7 Å². The van der Waals surface area contributed by atoms with Gasteiger partial charge in [0.1, 0.15) is 24.1 Å². The largest absolute Gasteiger partial charge is 0.497 e. The van der Waals surface area contributed by atoms with E-state index in [2.05, 4.69) is 5.32 Å².